The van der Waals surface area contributed by atoms with E-state index in [-0.39, 0.29) is 18.5 Å². The molecule has 0 fully saturated rings. The van der Waals surface area contributed by atoms with E-state index in [9.17, 15) is 4.79 Å². The Morgan fingerprint density at radius 3 is 2.56 bits per heavy atom. The molecule has 0 aliphatic heterocycles. The van der Waals surface area contributed by atoms with E-state index >= 15 is 0 Å². The fourth-order valence-electron chi connectivity index (χ4n) is 2.65. The Bertz CT molecular complexity index is 922. The van der Waals surface area contributed by atoms with E-state index in [1.165, 1.54) is 0 Å². The lowest BCUT2D eigenvalue weighted by Crippen LogP contribution is -2.36. The molecule has 27 heavy (non-hydrogen) atoms. The third-order valence-corrected chi connectivity index (χ3v) is 4.35. The molecule has 0 bridgehead atoms. The Morgan fingerprint density at radius 1 is 1.19 bits per heavy atom. The van der Waals surface area contributed by atoms with Crippen molar-refractivity contribution in [1.82, 2.24) is 15.0 Å². The number of carbonyl (C=O) groups is 1. The van der Waals surface area contributed by atoms with Crippen molar-refractivity contribution in [3.05, 3.63) is 65.0 Å². The standard InChI is InChI=1S/C20H20ClN3O3/c1-13(2)24(20(25)16-6-4-5-7-17(16)26-3)12-18-22-19(23-27-18)14-8-10-15(21)11-9-14/h4-11,13H,12H2,1-3H3. The minimum absolute atomic E-state index is 0.0618. The van der Waals surface area contributed by atoms with E-state index < -0.39 is 0 Å². The van der Waals surface area contributed by atoms with Crippen molar-refractivity contribution in [3.8, 4) is 17.1 Å². The molecule has 7 heteroatoms. The van der Waals surface area contributed by atoms with E-state index in [1.807, 2.05) is 32.0 Å². The number of aromatic nitrogens is 2. The van der Waals surface area contributed by atoms with E-state index in [1.54, 1.807) is 42.3 Å². The fraction of sp³-hybridized carbons (Fsp3) is 0.250. The topological polar surface area (TPSA) is 68.5 Å². The molecule has 0 saturated carbocycles. The summed E-state index contributed by atoms with van der Waals surface area (Å²) in [7, 11) is 1.54. The molecular formula is C20H20ClN3O3. The number of halogens is 1. The van der Waals surface area contributed by atoms with Gasteiger partial charge in [-0.3, -0.25) is 4.79 Å². The van der Waals surface area contributed by atoms with Crippen LogP contribution in [0.2, 0.25) is 5.02 Å². The number of hydrogen-bond donors (Lipinski definition) is 0. The maximum Gasteiger partial charge on any atom is 0.258 e. The van der Waals surface area contributed by atoms with Crippen LogP contribution in [0.15, 0.2) is 53.1 Å². The number of hydrogen-bond acceptors (Lipinski definition) is 5. The predicted molar refractivity (Wildman–Crippen MR) is 103 cm³/mol. The third kappa shape index (κ3) is 4.28. The third-order valence-electron chi connectivity index (χ3n) is 4.10. The summed E-state index contributed by atoms with van der Waals surface area (Å²) in [5.41, 5.74) is 1.28. The van der Waals surface area contributed by atoms with Crippen LogP contribution in [0.4, 0.5) is 0 Å². The van der Waals surface area contributed by atoms with Gasteiger partial charge in [0.25, 0.3) is 5.91 Å². The van der Waals surface area contributed by atoms with Crippen molar-refractivity contribution >= 4 is 17.5 Å². The van der Waals surface area contributed by atoms with Gasteiger partial charge >= 0.3 is 0 Å². The van der Waals surface area contributed by atoms with Crippen LogP contribution < -0.4 is 4.74 Å². The van der Waals surface area contributed by atoms with Crippen molar-refractivity contribution in [2.75, 3.05) is 7.11 Å². The average Bonchev–Trinajstić information content (AvgIpc) is 3.14. The Morgan fingerprint density at radius 2 is 1.89 bits per heavy atom. The summed E-state index contributed by atoms with van der Waals surface area (Å²) in [4.78, 5) is 19.1. The molecule has 0 saturated heterocycles. The van der Waals surface area contributed by atoms with E-state index in [2.05, 4.69) is 10.1 Å². The fourth-order valence-corrected chi connectivity index (χ4v) is 2.77. The second kappa shape index (κ2) is 8.22. The van der Waals surface area contributed by atoms with Gasteiger partial charge in [0.2, 0.25) is 11.7 Å². The van der Waals surface area contributed by atoms with Gasteiger partial charge in [-0.25, -0.2) is 0 Å². The van der Waals surface area contributed by atoms with Crippen LogP contribution in [0.1, 0.15) is 30.1 Å². The number of carbonyl (C=O) groups excluding carboxylic acids is 1. The number of benzene rings is 2. The lowest BCUT2D eigenvalue weighted by molar-refractivity contribution is 0.0664. The summed E-state index contributed by atoms with van der Waals surface area (Å²) >= 11 is 5.91. The van der Waals surface area contributed by atoms with E-state index in [0.717, 1.165) is 5.56 Å². The molecule has 140 valence electrons. The molecule has 3 aromatic rings. The molecule has 0 unspecified atom stereocenters. The Kier molecular flexibility index (Phi) is 5.76. The quantitative estimate of drug-likeness (QED) is 0.627. The van der Waals surface area contributed by atoms with Crippen LogP contribution in [0.25, 0.3) is 11.4 Å². The van der Waals surface area contributed by atoms with Gasteiger partial charge < -0.3 is 14.2 Å². The highest BCUT2D eigenvalue weighted by atomic mass is 35.5. The lowest BCUT2D eigenvalue weighted by Gasteiger charge is -2.25. The number of nitrogens with zero attached hydrogens (tertiary/aromatic N) is 3. The van der Waals surface area contributed by atoms with Crippen molar-refractivity contribution in [2.24, 2.45) is 0 Å². The van der Waals surface area contributed by atoms with Gasteiger partial charge in [0, 0.05) is 16.6 Å². The normalized spacial score (nSPS) is 10.9. The highest BCUT2D eigenvalue weighted by Crippen LogP contribution is 2.23. The number of amides is 1. The van der Waals surface area contributed by atoms with Gasteiger partial charge in [-0.05, 0) is 50.2 Å². The predicted octanol–water partition coefficient (Wildman–Crippen LogP) is 4.45. The van der Waals surface area contributed by atoms with Crippen LogP contribution in [-0.2, 0) is 6.54 Å². The number of methoxy groups -OCH3 is 1. The monoisotopic (exact) mass is 385 g/mol. The largest absolute Gasteiger partial charge is 0.496 e. The zero-order valence-electron chi connectivity index (χ0n) is 15.3. The van der Waals surface area contributed by atoms with Crippen LogP contribution in [0.5, 0.6) is 5.75 Å². The molecule has 1 heterocycles. The Balaban J connectivity index is 1.83. The summed E-state index contributed by atoms with van der Waals surface area (Å²) in [5, 5.41) is 4.64. The van der Waals surface area contributed by atoms with Gasteiger partial charge in [0.1, 0.15) is 12.3 Å². The molecule has 2 aromatic carbocycles. The van der Waals surface area contributed by atoms with Crippen LogP contribution in [0.3, 0.4) is 0 Å². The second-order valence-corrected chi connectivity index (χ2v) is 6.68. The minimum Gasteiger partial charge on any atom is -0.496 e. The summed E-state index contributed by atoms with van der Waals surface area (Å²) < 4.78 is 10.7. The maximum absolute atomic E-state index is 13.0. The molecular weight excluding hydrogens is 366 g/mol. The molecule has 0 aliphatic rings. The number of para-hydroxylation sites is 1. The van der Waals surface area contributed by atoms with Gasteiger partial charge in [-0.1, -0.05) is 28.9 Å². The average molecular weight is 386 g/mol. The first-order valence-electron chi connectivity index (χ1n) is 8.52. The minimum atomic E-state index is -0.159. The Hall–Kier alpha value is -2.86. The molecule has 0 aliphatic carbocycles. The van der Waals surface area contributed by atoms with Gasteiger partial charge in [-0.15, -0.1) is 0 Å². The van der Waals surface area contributed by atoms with Crippen LogP contribution in [-0.4, -0.2) is 34.1 Å². The second-order valence-electron chi connectivity index (χ2n) is 6.25. The zero-order chi connectivity index (χ0) is 19.4. The van der Waals surface area contributed by atoms with Crippen LogP contribution in [0, 0.1) is 0 Å². The van der Waals surface area contributed by atoms with E-state index in [0.29, 0.717) is 28.1 Å². The highest BCUT2D eigenvalue weighted by molar-refractivity contribution is 6.30. The molecule has 6 nitrogen and oxygen atoms in total. The first kappa shape index (κ1) is 18.9. The molecule has 1 aromatic heterocycles. The Labute approximate surface area is 162 Å². The smallest absolute Gasteiger partial charge is 0.258 e. The summed E-state index contributed by atoms with van der Waals surface area (Å²) in [5.74, 6) is 1.18. The summed E-state index contributed by atoms with van der Waals surface area (Å²) in [6.45, 7) is 4.07. The maximum atomic E-state index is 13.0. The van der Waals surface area contributed by atoms with Crippen molar-refractivity contribution < 1.29 is 14.1 Å². The molecule has 0 atom stereocenters. The highest BCUT2D eigenvalue weighted by Gasteiger charge is 2.24. The van der Waals surface area contributed by atoms with Gasteiger partial charge in [-0.2, -0.15) is 4.98 Å². The number of rotatable bonds is 6. The lowest BCUT2D eigenvalue weighted by atomic mass is 10.1. The zero-order valence-corrected chi connectivity index (χ0v) is 16.1. The van der Waals surface area contributed by atoms with Crippen molar-refractivity contribution in [1.29, 1.82) is 0 Å². The van der Waals surface area contributed by atoms with Gasteiger partial charge in [0.15, 0.2) is 0 Å². The van der Waals surface area contributed by atoms with Crippen molar-refractivity contribution in [2.45, 2.75) is 26.4 Å². The van der Waals surface area contributed by atoms with E-state index in [4.69, 9.17) is 20.9 Å². The van der Waals surface area contributed by atoms with Crippen LogP contribution >= 0.6 is 11.6 Å². The van der Waals surface area contributed by atoms with Gasteiger partial charge in [0.05, 0.1) is 12.7 Å². The molecule has 0 spiro atoms. The molecule has 3 rings (SSSR count). The SMILES string of the molecule is COc1ccccc1C(=O)N(Cc1nc(-c2ccc(Cl)cc2)no1)C(C)C. The molecule has 0 radical (unpaired) electrons. The van der Waals surface area contributed by atoms with Crippen molar-refractivity contribution in [3.63, 3.8) is 0 Å². The first-order chi connectivity index (χ1) is 13.0. The number of ether oxygens (including phenoxy) is 1. The molecule has 0 N–H and O–H groups in total. The summed E-state index contributed by atoms with van der Waals surface area (Å²) in [6, 6.07) is 14.2. The summed E-state index contributed by atoms with van der Waals surface area (Å²) in [6.07, 6.45) is 0. The first-order valence-corrected chi connectivity index (χ1v) is 8.90. The molecule has 1 amide bonds.